The molecule has 2 rings (SSSR count). The molecule has 0 aromatic heterocycles. The van der Waals surface area contributed by atoms with Gasteiger partial charge in [0.15, 0.2) is 11.2 Å². The number of likely N-dealkylation sites (N-methyl/N-ethyl adjacent to an activating group) is 3. The molecule has 0 bridgehead atoms. The Morgan fingerprint density at radius 3 is 2.50 bits per heavy atom. The van der Waals surface area contributed by atoms with Crippen LogP contribution in [-0.2, 0) is 4.79 Å². The minimum atomic E-state index is -0.537. The van der Waals surface area contributed by atoms with Crippen molar-refractivity contribution in [3.63, 3.8) is 0 Å². The van der Waals surface area contributed by atoms with Crippen molar-refractivity contribution >= 4 is 35.1 Å². The first kappa shape index (κ1) is 11.0. The number of nitrogens with zero attached hydrogens (tertiary/aromatic N) is 4. The highest BCUT2D eigenvalue weighted by Gasteiger charge is 2.47. The Balaban J connectivity index is 2.45. The van der Waals surface area contributed by atoms with Crippen LogP contribution in [0.3, 0.4) is 0 Å². The Morgan fingerprint density at radius 1 is 1.31 bits per heavy atom. The Bertz CT molecular complexity index is 420. The number of thiocarbonyl (C=S) groups is 1. The average Bonchev–Trinajstić information content (AvgIpc) is 2.60. The van der Waals surface area contributed by atoms with Gasteiger partial charge in [0.25, 0.3) is 5.91 Å². The van der Waals surface area contributed by atoms with Crippen LogP contribution in [0, 0.1) is 0 Å². The molecule has 2 heterocycles. The summed E-state index contributed by atoms with van der Waals surface area (Å²) in [7, 11) is 3.06. The van der Waals surface area contributed by atoms with Crippen LogP contribution in [0.4, 0.5) is 4.79 Å². The van der Waals surface area contributed by atoms with E-state index in [4.69, 9.17) is 12.2 Å². The van der Waals surface area contributed by atoms with E-state index in [2.05, 4.69) is 4.99 Å². The summed E-state index contributed by atoms with van der Waals surface area (Å²) in [4.78, 5) is 31.9. The molecule has 0 saturated carbocycles. The third-order valence-corrected chi connectivity index (χ3v) is 3.16. The van der Waals surface area contributed by atoms with Gasteiger partial charge in [-0.1, -0.05) is 0 Å². The van der Waals surface area contributed by atoms with Crippen LogP contribution in [0.25, 0.3) is 0 Å². The molecule has 2 aliphatic rings. The zero-order valence-electron chi connectivity index (χ0n) is 9.30. The number of amides is 3. The SMILES string of the molecule is CCN1C(=S)N=C2C1C(=O)N(C)C(=O)N2C. The summed E-state index contributed by atoms with van der Waals surface area (Å²) < 4.78 is 0. The highest BCUT2D eigenvalue weighted by Crippen LogP contribution is 2.22. The van der Waals surface area contributed by atoms with Crippen LogP contribution >= 0.6 is 12.2 Å². The van der Waals surface area contributed by atoms with Crippen LogP contribution in [0.15, 0.2) is 4.99 Å². The summed E-state index contributed by atoms with van der Waals surface area (Å²) in [5.41, 5.74) is 0. The molecular formula is C9H12N4O2S. The minimum Gasteiger partial charge on any atom is -0.329 e. The fraction of sp³-hybridized carbons (Fsp3) is 0.556. The second-order valence-corrected chi connectivity index (χ2v) is 4.05. The van der Waals surface area contributed by atoms with Crippen molar-refractivity contribution in [1.82, 2.24) is 14.7 Å². The third kappa shape index (κ3) is 1.24. The fourth-order valence-corrected chi connectivity index (χ4v) is 2.22. The van der Waals surface area contributed by atoms with Gasteiger partial charge in [0.05, 0.1) is 0 Å². The van der Waals surface area contributed by atoms with E-state index in [1.54, 1.807) is 11.9 Å². The minimum absolute atomic E-state index is 0.274. The Morgan fingerprint density at radius 2 is 1.94 bits per heavy atom. The van der Waals surface area contributed by atoms with Gasteiger partial charge < -0.3 is 4.90 Å². The van der Waals surface area contributed by atoms with Gasteiger partial charge in [-0.2, -0.15) is 0 Å². The molecule has 7 heteroatoms. The van der Waals surface area contributed by atoms with Crippen LogP contribution < -0.4 is 0 Å². The molecule has 1 atom stereocenters. The predicted molar refractivity (Wildman–Crippen MR) is 62.1 cm³/mol. The third-order valence-electron chi connectivity index (χ3n) is 2.83. The van der Waals surface area contributed by atoms with Crippen molar-refractivity contribution in [1.29, 1.82) is 0 Å². The Labute approximate surface area is 98.5 Å². The topological polar surface area (TPSA) is 56.2 Å². The molecule has 16 heavy (non-hydrogen) atoms. The second-order valence-electron chi connectivity index (χ2n) is 3.68. The van der Waals surface area contributed by atoms with Crippen molar-refractivity contribution in [3.05, 3.63) is 0 Å². The molecule has 2 aliphatic heterocycles. The van der Waals surface area contributed by atoms with Crippen molar-refractivity contribution in [2.75, 3.05) is 20.6 Å². The number of hydrogen-bond donors (Lipinski definition) is 0. The standard InChI is InChI=1S/C9H12N4O2S/c1-4-13-5-6(10-8(13)16)11(2)9(15)12(3)7(5)14/h5H,4H2,1-3H3. The number of fused-ring (bicyclic) bond motifs is 1. The molecule has 0 N–H and O–H groups in total. The Kier molecular flexibility index (Phi) is 2.42. The summed E-state index contributed by atoms with van der Waals surface area (Å²) in [6.45, 7) is 2.49. The van der Waals surface area contributed by atoms with Crippen molar-refractivity contribution in [3.8, 4) is 0 Å². The number of carbonyl (C=O) groups excluding carboxylic acids is 2. The zero-order chi connectivity index (χ0) is 12.0. The lowest BCUT2D eigenvalue weighted by atomic mass is 10.1. The molecule has 0 aromatic carbocycles. The van der Waals surface area contributed by atoms with E-state index in [1.807, 2.05) is 6.92 Å². The summed E-state index contributed by atoms with van der Waals surface area (Å²) in [5.74, 6) is 0.156. The Hall–Kier alpha value is -1.50. The number of aliphatic imine (C=N–C) groups is 1. The van der Waals surface area contributed by atoms with Gasteiger partial charge in [-0.25, -0.2) is 9.79 Å². The number of amidine groups is 1. The number of carbonyl (C=O) groups is 2. The van der Waals surface area contributed by atoms with Crippen molar-refractivity contribution in [2.45, 2.75) is 13.0 Å². The van der Waals surface area contributed by atoms with Crippen LogP contribution in [-0.4, -0.2) is 64.3 Å². The largest absolute Gasteiger partial charge is 0.331 e. The molecule has 1 unspecified atom stereocenters. The van der Waals surface area contributed by atoms with Gasteiger partial charge in [-0.05, 0) is 19.1 Å². The molecular weight excluding hydrogens is 228 g/mol. The lowest BCUT2D eigenvalue weighted by molar-refractivity contribution is -0.130. The number of imide groups is 1. The van der Waals surface area contributed by atoms with Crippen LogP contribution in [0.1, 0.15) is 6.92 Å². The summed E-state index contributed by atoms with van der Waals surface area (Å²) in [6.07, 6.45) is 0. The molecule has 0 aromatic rings. The van der Waals surface area contributed by atoms with Gasteiger partial charge in [0, 0.05) is 20.6 Å². The summed E-state index contributed by atoms with van der Waals surface area (Å²) in [6, 6.07) is -0.911. The first-order valence-electron chi connectivity index (χ1n) is 4.93. The van der Waals surface area contributed by atoms with Crippen molar-refractivity contribution < 1.29 is 9.59 Å². The molecule has 0 aliphatic carbocycles. The van der Waals surface area contributed by atoms with E-state index in [-0.39, 0.29) is 11.9 Å². The van der Waals surface area contributed by atoms with Gasteiger partial charge >= 0.3 is 6.03 Å². The predicted octanol–water partition coefficient (Wildman–Crippen LogP) is -0.102. The summed E-state index contributed by atoms with van der Waals surface area (Å²) >= 11 is 5.07. The van der Waals surface area contributed by atoms with Gasteiger partial charge in [-0.3, -0.25) is 14.6 Å². The van der Waals surface area contributed by atoms with Crippen LogP contribution in [0.5, 0.6) is 0 Å². The van der Waals surface area contributed by atoms with Gasteiger partial charge in [0.2, 0.25) is 0 Å². The van der Waals surface area contributed by atoms with Gasteiger partial charge in [0.1, 0.15) is 5.84 Å². The first-order valence-corrected chi connectivity index (χ1v) is 5.34. The second kappa shape index (κ2) is 3.51. The maximum Gasteiger partial charge on any atom is 0.331 e. The molecule has 3 amide bonds. The van der Waals surface area contributed by atoms with Crippen molar-refractivity contribution in [2.24, 2.45) is 4.99 Å². The van der Waals surface area contributed by atoms with E-state index in [1.165, 1.54) is 11.9 Å². The molecule has 0 radical (unpaired) electrons. The average molecular weight is 240 g/mol. The normalized spacial score (nSPS) is 25.2. The molecule has 1 saturated heterocycles. The lowest BCUT2D eigenvalue weighted by Gasteiger charge is -2.36. The van der Waals surface area contributed by atoms with E-state index >= 15 is 0 Å². The first-order chi connectivity index (χ1) is 7.49. The monoisotopic (exact) mass is 240 g/mol. The van der Waals surface area contributed by atoms with E-state index in [9.17, 15) is 9.59 Å². The highest BCUT2D eigenvalue weighted by molar-refractivity contribution is 7.80. The zero-order valence-corrected chi connectivity index (χ0v) is 10.1. The maximum atomic E-state index is 12.0. The number of urea groups is 1. The molecule has 0 spiro atoms. The lowest BCUT2D eigenvalue weighted by Crippen LogP contribution is -2.62. The smallest absolute Gasteiger partial charge is 0.329 e. The highest BCUT2D eigenvalue weighted by atomic mass is 32.1. The van der Waals surface area contributed by atoms with E-state index < -0.39 is 6.04 Å². The maximum absolute atomic E-state index is 12.0. The molecule has 6 nitrogen and oxygen atoms in total. The van der Waals surface area contributed by atoms with Gasteiger partial charge in [-0.15, -0.1) is 0 Å². The molecule has 1 fully saturated rings. The van der Waals surface area contributed by atoms with E-state index in [0.717, 1.165) is 4.90 Å². The van der Waals surface area contributed by atoms with E-state index in [0.29, 0.717) is 17.5 Å². The van der Waals surface area contributed by atoms with Crippen LogP contribution in [0.2, 0.25) is 0 Å². The quantitative estimate of drug-likeness (QED) is 0.600. The fourth-order valence-electron chi connectivity index (χ4n) is 1.89. The molecule has 86 valence electrons. The summed E-state index contributed by atoms with van der Waals surface area (Å²) in [5, 5.41) is 0.366. The number of hydrogen-bond acceptors (Lipinski definition) is 3. The number of rotatable bonds is 1.